The van der Waals surface area contributed by atoms with Crippen molar-refractivity contribution in [1.29, 1.82) is 0 Å². The van der Waals surface area contributed by atoms with Crippen molar-refractivity contribution >= 4 is 17.7 Å². The van der Waals surface area contributed by atoms with Gasteiger partial charge in [-0.1, -0.05) is 23.9 Å². The molecule has 0 aliphatic heterocycles. The van der Waals surface area contributed by atoms with E-state index in [4.69, 9.17) is 10.5 Å². The molecule has 0 saturated carbocycles. The van der Waals surface area contributed by atoms with Crippen LogP contribution in [0.3, 0.4) is 0 Å². The van der Waals surface area contributed by atoms with Gasteiger partial charge in [0.05, 0.1) is 5.75 Å². The van der Waals surface area contributed by atoms with Crippen LogP contribution in [0.25, 0.3) is 0 Å². The van der Waals surface area contributed by atoms with Gasteiger partial charge in [0.15, 0.2) is 17.1 Å². The Labute approximate surface area is 134 Å². The van der Waals surface area contributed by atoms with E-state index in [-0.39, 0.29) is 17.8 Å². The highest BCUT2D eigenvalue weighted by Crippen LogP contribution is 2.27. The van der Waals surface area contributed by atoms with Crippen molar-refractivity contribution in [3.8, 4) is 5.75 Å². The summed E-state index contributed by atoms with van der Waals surface area (Å²) >= 11 is 1.26. The second kappa shape index (κ2) is 6.83. The highest BCUT2D eigenvalue weighted by molar-refractivity contribution is 7.99. The Morgan fingerprint density at radius 2 is 2.14 bits per heavy atom. The zero-order valence-electron chi connectivity index (χ0n) is 13.2. The predicted molar refractivity (Wildman–Crippen MR) is 85.9 cm³/mol. The fourth-order valence-corrected chi connectivity index (χ4v) is 2.69. The summed E-state index contributed by atoms with van der Waals surface area (Å²) in [5.41, 5.74) is 7.44. The monoisotopic (exact) mass is 320 g/mol. The Hall–Kier alpha value is -2.02. The van der Waals surface area contributed by atoms with Crippen LogP contribution in [0.1, 0.15) is 30.0 Å². The number of hydrogen-bond donors (Lipinski definition) is 1. The summed E-state index contributed by atoms with van der Waals surface area (Å²) < 4.78 is 7.83. The molecule has 7 heteroatoms. The number of hydrogen-bond acceptors (Lipinski definition) is 5. The molecule has 118 valence electrons. The van der Waals surface area contributed by atoms with Crippen LogP contribution in [-0.2, 0) is 11.8 Å². The van der Waals surface area contributed by atoms with Crippen molar-refractivity contribution < 1.29 is 9.53 Å². The zero-order chi connectivity index (χ0) is 16.3. The number of carbonyl (C=O) groups excluding carboxylic acids is 1. The van der Waals surface area contributed by atoms with Crippen molar-refractivity contribution in [1.82, 2.24) is 14.8 Å². The Balaban J connectivity index is 2.14. The largest absolute Gasteiger partial charge is 0.482 e. The molecule has 2 rings (SSSR count). The molecule has 22 heavy (non-hydrogen) atoms. The maximum absolute atomic E-state index is 10.9. The molecule has 0 unspecified atom stereocenters. The van der Waals surface area contributed by atoms with E-state index in [1.165, 1.54) is 17.3 Å². The molecule has 1 aromatic carbocycles. The van der Waals surface area contributed by atoms with Gasteiger partial charge in [0.25, 0.3) is 0 Å². The first-order valence-electron chi connectivity index (χ1n) is 6.93. The maximum Gasteiger partial charge on any atom is 0.227 e. The number of primary amides is 1. The van der Waals surface area contributed by atoms with E-state index in [2.05, 4.69) is 10.2 Å². The maximum atomic E-state index is 10.9. The summed E-state index contributed by atoms with van der Waals surface area (Å²) in [6.45, 7) is 6.00. The van der Waals surface area contributed by atoms with Crippen LogP contribution >= 0.6 is 11.8 Å². The summed E-state index contributed by atoms with van der Waals surface area (Å²) in [5.74, 6) is 1.34. The quantitative estimate of drug-likeness (QED) is 0.825. The number of thioether (sulfide) groups is 1. The van der Waals surface area contributed by atoms with E-state index >= 15 is 0 Å². The van der Waals surface area contributed by atoms with Crippen molar-refractivity contribution in [3.63, 3.8) is 0 Å². The van der Waals surface area contributed by atoms with Crippen LogP contribution in [0.4, 0.5) is 0 Å². The van der Waals surface area contributed by atoms with E-state index in [0.29, 0.717) is 11.0 Å². The second-order valence-corrected chi connectivity index (χ2v) is 6.06. The van der Waals surface area contributed by atoms with Crippen LogP contribution in [0, 0.1) is 13.8 Å². The molecule has 0 aliphatic rings. The van der Waals surface area contributed by atoms with Gasteiger partial charge in [-0.3, -0.25) is 4.79 Å². The van der Waals surface area contributed by atoms with E-state index in [1.807, 2.05) is 50.6 Å². The number of aromatic nitrogens is 3. The Kier molecular flexibility index (Phi) is 5.07. The lowest BCUT2D eigenvalue weighted by Gasteiger charge is -2.16. The summed E-state index contributed by atoms with van der Waals surface area (Å²) in [4.78, 5) is 10.9. The molecular formula is C15H20N4O2S. The molecule has 0 fully saturated rings. The highest BCUT2D eigenvalue weighted by atomic mass is 32.2. The highest BCUT2D eigenvalue weighted by Gasteiger charge is 2.18. The van der Waals surface area contributed by atoms with Gasteiger partial charge in [-0.15, -0.1) is 10.2 Å². The molecule has 2 N–H and O–H groups in total. The van der Waals surface area contributed by atoms with Crippen molar-refractivity contribution in [2.75, 3.05) is 5.75 Å². The van der Waals surface area contributed by atoms with E-state index < -0.39 is 0 Å². The third-order valence-corrected chi connectivity index (χ3v) is 4.48. The molecule has 1 aromatic heterocycles. The topological polar surface area (TPSA) is 83.0 Å². The van der Waals surface area contributed by atoms with Gasteiger partial charge in [-0.25, -0.2) is 0 Å². The van der Waals surface area contributed by atoms with Crippen LogP contribution in [0.15, 0.2) is 23.4 Å². The molecule has 0 bridgehead atoms. The van der Waals surface area contributed by atoms with Gasteiger partial charge in [-0.05, 0) is 38.0 Å². The standard InChI is InChI=1S/C15H20N4O2S/c1-9-6-5-7-12(10(9)2)21-11(3)14-17-18-15(19(14)4)22-8-13(16)20/h5-7,11H,8H2,1-4H3,(H2,16,20)/t11-/m0/s1. The number of benzene rings is 1. The number of amides is 1. The molecule has 1 amide bonds. The lowest BCUT2D eigenvalue weighted by molar-refractivity contribution is -0.115. The first kappa shape index (κ1) is 16.4. The first-order chi connectivity index (χ1) is 10.4. The Morgan fingerprint density at radius 1 is 1.41 bits per heavy atom. The fourth-order valence-electron chi connectivity index (χ4n) is 2.04. The molecule has 0 aliphatic carbocycles. The molecule has 0 radical (unpaired) electrons. The van der Waals surface area contributed by atoms with E-state index in [9.17, 15) is 4.79 Å². The number of aryl methyl sites for hydroxylation is 1. The predicted octanol–water partition coefficient (Wildman–Crippen LogP) is 2.15. The number of carbonyl (C=O) groups is 1. The molecule has 0 spiro atoms. The number of rotatable bonds is 6. The van der Waals surface area contributed by atoms with Crippen LogP contribution in [-0.4, -0.2) is 26.4 Å². The fraction of sp³-hybridized carbons (Fsp3) is 0.400. The minimum Gasteiger partial charge on any atom is -0.482 e. The van der Waals surface area contributed by atoms with Gasteiger partial charge < -0.3 is 15.0 Å². The number of ether oxygens (including phenoxy) is 1. The number of nitrogens with two attached hydrogens (primary N) is 1. The van der Waals surface area contributed by atoms with Gasteiger partial charge in [0.1, 0.15) is 5.75 Å². The third-order valence-electron chi connectivity index (χ3n) is 3.43. The SMILES string of the molecule is Cc1cccc(O[C@@H](C)c2nnc(SCC(N)=O)n2C)c1C. The minimum atomic E-state index is -0.380. The minimum absolute atomic E-state index is 0.179. The van der Waals surface area contributed by atoms with Crippen LogP contribution in [0.2, 0.25) is 0 Å². The van der Waals surface area contributed by atoms with Gasteiger partial charge in [-0.2, -0.15) is 0 Å². The lowest BCUT2D eigenvalue weighted by atomic mass is 10.1. The summed E-state index contributed by atoms with van der Waals surface area (Å²) in [6.07, 6.45) is -0.249. The van der Waals surface area contributed by atoms with E-state index in [0.717, 1.165) is 11.3 Å². The first-order valence-corrected chi connectivity index (χ1v) is 7.92. The molecule has 0 saturated heterocycles. The van der Waals surface area contributed by atoms with E-state index in [1.54, 1.807) is 0 Å². The molecular weight excluding hydrogens is 300 g/mol. The summed E-state index contributed by atoms with van der Waals surface area (Å²) in [6, 6.07) is 5.96. The molecule has 2 aromatic rings. The molecule has 1 atom stereocenters. The average Bonchev–Trinajstić information content (AvgIpc) is 2.83. The van der Waals surface area contributed by atoms with Crippen molar-refractivity contribution in [3.05, 3.63) is 35.2 Å². The molecule has 6 nitrogen and oxygen atoms in total. The van der Waals surface area contributed by atoms with Crippen molar-refractivity contribution in [2.24, 2.45) is 12.8 Å². The van der Waals surface area contributed by atoms with Gasteiger partial charge in [0, 0.05) is 7.05 Å². The zero-order valence-corrected chi connectivity index (χ0v) is 14.0. The van der Waals surface area contributed by atoms with Gasteiger partial charge >= 0.3 is 0 Å². The smallest absolute Gasteiger partial charge is 0.227 e. The normalized spacial score (nSPS) is 12.2. The summed E-state index contributed by atoms with van der Waals surface area (Å²) in [7, 11) is 1.85. The van der Waals surface area contributed by atoms with Crippen LogP contribution < -0.4 is 10.5 Å². The average molecular weight is 320 g/mol. The number of nitrogens with zero attached hydrogens (tertiary/aromatic N) is 3. The lowest BCUT2D eigenvalue weighted by Crippen LogP contribution is -2.14. The second-order valence-electron chi connectivity index (χ2n) is 5.11. The van der Waals surface area contributed by atoms with Gasteiger partial charge in [0.2, 0.25) is 5.91 Å². The summed E-state index contributed by atoms with van der Waals surface area (Å²) in [5, 5.41) is 8.88. The van der Waals surface area contributed by atoms with Crippen LogP contribution in [0.5, 0.6) is 5.75 Å². The molecule has 1 heterocycles. The Morgan fingerprint density at radius 3 is 2.82 bits per heavy atom. The Bertz CT molecular complexity index is 684. The van der Waals surface area contributed by atoms with Crippen molar-refractivity contribution in [2.45, 2.75) is 32.0 Å². The third kappa shape index (κ3) is 3.59.